The summed E-state index contributed by atoms with van der Waals surface area (Å²) in [5.74, 6) is 1.60. The second-order valence-corrected chi connectivity index (χ2v) is 4.85. The Morgan fingerprint density at radius 3 is 2.30 bits per heavy atom. The highest BCUT2D eigenvalue weighted by atomic mass is 16.5. The summed E-state index contributed by atoms with van der Waals surface area (Å²) in [7, 11) is 1.37. The number of methoxy groups -OCH3 is 1. The van der Waals surface area contributed by atoms with Crippen molar-refractivity contribution in [3.05, 3.63) is 59.7 Å². The number of rotatable bonds is 4. The summed E-state index contributed by atoms with van der Waals surface area (Å²) in [6.45, 7) is 4.29. The molecule has 2 aromatic rings. The first-order valence-electron chi connectivity index (χ1n) is 6.56. The molecular formula is C17H18O3. The number of carbonyl (C=O) groups excluding carboxylic acids is 1. The number of ether oxygens (including phenoxy) is 2. The molecule has 3 nitrogen and oxygen atoms in total. The predicted octanol–water partition coefficient (Wildman–Crippen LogP) is 4.39. The highest BCUT2D eigenvalue weighted by molar-refractivity contribution is 5.89. The van der Waals surface area contributed by atoms with E-state index in [1.54, 1.807) is 24.3 Å². The Morgan fingerprint density at radius 2 is 1.70 bits per heavy atom. The minimum atomic E-state index is -0.349. The number of esters is 1. The average Bonchev–Trinajstić information content (AvgIpc) is 2.47. The normalized spacial score (nSPS) is 10.4. The van der Waals surface area contributed by atoms with Crippen LogP contribution in [0.25, 0.3) is 0 Å². The molecule has 0 amide bonds. The fourth-order valence-electron chi connectivity index (χ4n) is 1.85. The van der Waals surface area contributed by atoms with Gasteiger partial charge in [-0.3, -0.25) is 0 Å². The molecule has 0 aliphatic rings. The highest BCUT2D eigenvalue weighted by Crippen LogP contribution is 2.25. The maximum atomic E-state index is 11.3. The van der Waals surface area contributed by atoms with Gasteiger partial charge in [0.05, 0.1) is 12.7 Å². The van der Waals surface area contributed by atoms with E-state index in [1.165, 1.54) is 12.7 Å². The van der Waals surface area contributed by atoms with Gasteiger partial charge < -0.3 is 9.47 Å². The third-order valence-corrected chi connectivity index (χ3v) is 3.04. The van der Waals surface area contributed by atoms with Gasteiger partial charge in [0.1, 0.15) is 11.5 Å². The largest absolute Gasteiger partial charge is 0.465 e. The maximum absolute atomic E-state index is 11.3. The van der Waals surface area contributed by atoms with E-state index in [2.05, 4.69) is 24.7 Å². The minimum Gasteiger partial charge on any atom is -0.465 e. The molecule has 0 saturated carbocycles. The van der Waals surface area contributed by atoms with Crippen LogP contribution >= 0.6 is 0 Å². The topological polar surface area (TPSA) is 35.5 Å². The summed E-state index contributed by atoms with van der Waals surface area (Å²) in [4.78, 5) is 11.3. The van der Waals surface area contributed by atoms with Gasteiger partial charge in [-0.25, -0.2) is 4.79 Å². The molecule has 0 fully saturated rings. The van der Waals surface area contributed by atoms with Gasteiger partial charge in [-0.2, -0.15) is 0 Å². The zero-order chi connectivity index (χ0) is 14.5. The zero-order valence-electron chi connectivity index (χ0n) is 11.9. The van der Waals surface area contributed by atoms with Crippen molar-refractivity contribution in [2.75, 3.05) is 7.11 Å². The Morgan fingerprint density at radius 1 is 1.00 bits per heavy atom. The first-order chi connectivity index (χ1) is 9.60. The summed E-state index contributed by atoms with van der Waals surface area (Å²) in [6.07, 6.45) is 0. The fraction of sp³-hybridized carbons (Fsp3) is 0.235. The lowest BCUT2D eigenvalue weighted by Gasteiger charge is -2.10. The van der Waals surface area contributed by atoms with Crippen molar-refractivity contribution in [2.24, 2.45) is 0 Å². The Bertz CT molecular complexity index is 585. The molecule has 0 bridgehead atoms. The molecule has 0 radical (unpaired) electrons. The van der Waals surface area contributed by atoms with Gasteiger partial charge >= 0.3 is 5.97 Å². The van der Waals surface area contributed by atoms with E-state index in [4.69, 9.17) is 4.74 Å². The molecule has 0 spiro atoms. The van der Waals surface area contributed by atoms with Crippen LogP contribution in [0.2, 0.25) is 0 Å². The maximum Gasteiger partial charge on any atom is 0.337 e. The lowest BCUT2D eigenvalue weighted by atomic mass is 10.0. The number of hydrogen-bond donors (Lipinski definition) is 0. The van der Waals surface area contributed by atoms with E-state index < -0.39 is 0 Å². The molecule has 0 heterocycles. The third-order valence-electron chi connectivity index (χ3n) is 3.04. The first-order valence-corrected chi connectivity index (χ1v) is 6.56. The van der Waals surface area contributed by atoms with Crippen LogP contribution in [0.15, 0.2) is 48.5 Å². The van der Waals surface area contributed by atoms with Crippen LogP contribution in [0.1, 0.15) is 35.7 Å². The molecular weight excluding hydrogens is 252 g/mol. The van der Waals surface area contributed by atoms with Crippen molar-refractivity contribution in [1.82, 2.24) is 0 Å². The van der Waals surface area contributed by atoms with Gasteiger partial charge in [0.25, 0.3) is 0 Å². The Labute approximate surface area is 119 Å². The zero-order valence-corrected chi connectivity index (χ0v) is 11.9. The Kier molecular flexibility index (Phi) is 4.41. The van der Waals surface area contributed by atoms with Crippen LogP contribution in [-0.2, 0) is 4.74 Å². The molecule has 0 saturated heterocycles. The van der Waals surface area contributed by atoms with Crippen molar-refractivity contribution in [3.63, 3.8) is 0 Å². The summed E-state index contributed by atoms with van der Waals surface area (Å²) in [5, 5.41) is 0. The van der Waals surface area contributed by atoms with Crippen molar-refractivity contribution >= 4 is 5.97 Å². The second kappa shape index (κ2) is 6.24. The molecule has 2 rings (SSSR count). The lowest BCUT2D eigenvalue weighted by molar-refractivity contribution is 0.0600. The summed E-state index contributed by atoms with van der Waals surface area (Å²) >= 11 is 0. The van der Waals surface area contributed by atoms with Gasteiger partial charge in [-0.1, -0.05) is 26.0 Å². The summed E-state index contributed by atoms with van der Waals surface area (Å²) < 4.78 is 10.4. The number of carbonyl (C=O) groups is 1. The van der Waals surface area contributed by atoms with E-state index >= 15 is 0 Å². The van der Waals surface area contributed by atoms with E-state index in [1.807, 2.05) is 18.2 Å². The van der Waals surface area contributed by atoms with Crippen LogP contribution in [0.4, 0.5) is 0 Å². The molecule has 0 aliphatic heterocycles. The minimum absolute atomic E-state index is 0.349. The monoisotopic (exact) mass is 270 g/mol. The van der Waals surface area contributed by atoms with Gasteiger partial charge in [0.15, 0.2) is 0 Å². The van der Waals surface area contributed by atoms with Crippen molar-refractivity contribution in [2.45, 2.75) is 19.8 Å². The van der Waals surface area contributed by atoms with Gasteiger partial charge in [-0.15, -0.1) is 0 Å². The Balaban J connectivity index is 2.14. The summed E-state index contributed by atoms with van der Waals surface area (Å²) in [6, 6.07) is 14.9. The van der Waals surface area contributed by atoms with E-state index in [-0.39, 0.29) is 5.97 Å². The molecule has 2 aromatic carbocycles. The van der Waals surface area contributed by atoms with Crippen LogP contribution in [0.3, 0.4) is 0 Å². The van der Waals surface area contributed by atoms with Crippen LogP contribution in [-0.4, -0.2) is 13.1 Å². The Hall–Kier alpha value is -2.29. The molecule has 0 aliphatic carbocycles. The molecule has 3 heteroatoms. The molecule has 0 unspecified atom stereocenters. The molecule has 104 valence electrons. The van der Waals surface area contributed by atoms with Crippen LogP contribution < -0.4 is 4.74 Å². The molecule has 0 N–H and O–H groups in total. The van der Waals surface area contributed by atoms with Crippen molar-refractivity contribution < 1.29 is 14.3 Å². The van der Waals surface area contributed by atoms with E-state index in [9.17, 15) is 4.79 Å². The number of hydrogen-bond acceptors (Lipinski definition) is 3. The predicted molar refractivity (Wildman–Crippen MR) is 78.4 cm³/mol. The van der Waals surface area contributed by atoms with Gasteiger partial charge in [0.2, 0.25) is 0 Å². The van der Waals surface area contributed by atoms with Gasteiger partial charge in [0, 0.05) is 0 Å². The first kappa shape index (κ1) is 14.1. The second-order valence-electron chi connectivity index (χ2n) is 4.85. The van der Waals surface area contributed by atoms with E-state index in [0.29, 0.717) is 17.2 Å². The molecule has 0 aromatic heterocycles. The highest BCUT2D eigenvalue weighted by Gasteiger charge is 2.06. The smallest absolute Gasteiger partial charge is 0.337 e. The van der Waals surface area contributed by atoms with E-state index in [0.717, 1.165) is 5.75 Å². The number of benzene rings is 2. The van der Waals surface area contributed by atoms with Crippen molar-refractivity contribution in [1.29, 1.82) is 0 Å². The van der Waals surface area contributed by atoms with Crippen molar-refractivity contribution in [3.8, 4) is 11.5 Å². The van der Waals surface area contributed by atoms with Crippen LogP contribution in [0.5, 0.6) is 11.5 Å². The quantitative estimate of drug-likeness (QED) is 0.773. The third kappa shape index (κ3) is 3.38. The van der Waals surface area contributed by atoms with Gasteiger partial charge in [-0.05, 0) is 47.9 Å². The lowest BCUT2D eigenvalue weighted by Crippen LogP contribution is -2.00. The molecule has 20 heavy (non-hydrogen) atoms. The summed E-state index contributed by atoms with van der Waals surface area (Å²) in [5.41, 5.74) is 1.74. The standard InChI is InChI=1S/C17H18O3/c1-12(2)14-5-4-6-16(11-14)20-15-9-7-13(8-10-15)17(18)19-3/h4-12H,1-3H3. The fourth-order valence-corrected chi connectivity index (χ4v) is 1.85. The average molecular weight is 270 g/mol. The SMILES string of the molecule is COC(=O)c1ccc(Oc2cccc(C(C)C)c2)cc1. The molecule has 0 atom stereocenters. The van der Waals surface area contributed by atoms with Crippen LogP contribution in [0, 0.1) is 0 Å².